The molecule has 1 aliphatic rings. The van der Waals surface area contributed by atoms with E-state index >= 15 is 0 Å². The molecule has 1 amide bonds. The molecule has 2 aromatic carbocycles. The summed E-state index contributed by atoms with van der Waals surface area (Å²) in [6.45, 7) is 6.85. The van der Waals surface area contributed by atoms with E-state index in [1.54, 1.807) is 19.1 Å². The molecule has 0 unspecified atom stereocenters. The number of anilines is 1. The minimum Gasteiger partial charge on any atom is -0.462 e. The van der Waals surface area contributed by atoms with Gasteiger partial charge in [-0.2, -0.15) is 0 Å². The normalized spacial score (nSPS) is 13.5. The van der Waals surface area contributed by atoms with Gasteiger partial charge < -0.3 is 20.3 Å². The molecule has 7 nitrogen and oxygen atoms in total. The summed E-state index contributed by atoms with van der Waals surface area (Å²) in [5, 5.41) is 6.56. The fraction of sp³-hybridized carbons (Fsp3) is 0.375. The summed E-state index contributed by atoms with van der Waals surface area (Å²) in [7, 11) is 0. The van der Waals surface area contributed by atoms with Crippen molar-refractivity contribution >= 4 is 47.5 Å². The van der Waals surface area contributed by atoms with Gasteiger partial charge in [0.2, 0.25) is 5.91 Å². The maximum absolute atomic E-state index is 11.9. The van der Waals surface area contributed by atoms with E-state index in [-0.39, 0.29) is 35.9 Å². The topological polar surface area (TPSA) is 83.0 Å². The second kappa shape index (κ2) is 13.0. The Kier molecular flexibility index (Phi) is 10.5. The lowest BCUT2D eigenvalue weighted by Gasteiger charge is -2.16. The number of nitrogens with one attached hydrogen (secondary N) is 2. The smallest absolute Gasteiger partial charge is 0.338 e. The van der Waals surface area contributed by atoms with Crippen LogP contribution in [0.4, 0.5) is 5.69 Å². The van der Waals surface area contributed by atoms with E-state index in [2.05, 4.69) is 15.6 Å². The van der Waals surface area contributed by atoms with Gasteiger partial charge >= 0.3 is 5.97 Å². The largest absolute Gasteiger partial charge is 0.462 e. The lowest BCUT2D eigenvalue weighted by Crippen LogP contribution is -2.36. The third kappa shape index (κ3) is 7.22. The molecular weight excluding hydrogens is 519 g/mol. The van der Waals surface area contributed by atoms with Crippen molar-refractivity contribution in [3.05, 3.63) is 65.2 Å². The van der Waals surface area contributed by atoms with E-state index in [0.29, 0.717) is 31.7 Å². The Bertz CT molecular complexity index is 914. The van der Waals surface area contributed by atoms with Crippen LogP contribution in [0.25, 0.3) is 0 Å². The zero-order chi connectivity index (χ0) is 22.1. The van der Waals surface area contributed by atoms with E-state index in [1.807, 2.05) is 48.2 Å². The number of amides is 1. The van der Waals surface area contributed by atoms with Crippen molar-refractivity contribution in [1.82, 2.24) is 10.6 Å². The second-order valence-corrected chi connectivity index (χ2v) is 7.28. The van der Waals surface area contributed by atoms with Crippen molar-refractivity contribution in [3.8, 4) is 0 Å². The number of rotatable bonds is 8. The van der Waals surface area contributed by atoms with Gasteiger partial charge in [0.25, 0.3) is 0 Å². The number of carbonyl (C=O) groups is 2. The van der Waals surface area contributed by atoms with Crippen LogP contribution in [0, 0.1) is 0 Å². The van der Waals surface area contributed by atoms with Gasteiger partial charge in [-0.1, -0.05) is 24.3 Å². The van der Waals surface area contributed by atoms with Crippen LogP contribution in [0.5, 0.6) is 0 Å². The van der Waals surface area contributed by atoms with Crippen LogP contribution >= 0.6 is 24.0 Å². The highest BCUT2D eigenvalue weighted by Gasteiger charge is 2.21. The molecule has 172 valence electrons. The molecule has 0 atom stereocenters. The van der Waals surface area contributed by atoms with Gasteiger partial charge in [0.15, 0.2) is 5.96 Å². The maximum Gasteiger partial charge on any atom is 0.338 e. The molecule has 8 heteroatoms. The summed E-state index contributed by atoms with van der Waals surface area (Å²) in [5.74, 6) is 0.604. The number of aliphatic imine (C=N–C) groups is 1. The Hall–Kier alpha value is -2.62. The van der Waals surface area contributed by atoms with Crippen LogP contribution < -0.4 is 15.5 Å². The number of hydrogen-bond acceptors (Lipinski definition) is 4. The predicted octanol–water partition coefficient (Wildman–Crippen LogP) is 3.86. The highest BCUT2D eigenvalue weighted by molar-refractivity contribution is 14.0. The number of hydrogen-bond donors (Lipinski definition) is 2. The number of carbonyl (C=O) groups excluding carboxylic acids is 2. The van der Waals surface area contributed by atoms with Gasteiger partial charge in [0.1, 0.15) is 0 Å². The number of guanidine groups is 1. The van der Waals surface area contributed by atoms with Crippen LogP contribution in [-0.4, -0.2) is 37.5 Å². The fourth-order valence-electron chi connectivity index (χ4n) is 3.37. The standard InChI is InChI=1S/C24H30N4O3.HI/c1-3-25-24(26-16-18-7-11-20(12-8-18)23(30)31-4-2)27-17-19-9-13-21(14-10-19)28-15-5-6-22(28)29;/h7-14H,3-6,15-17H2,1-2H3,(H2,25,26,27);1H. The molecular formula is C24H31IN4O3. The molecule has 0 bridgehead atoms. The third-order valence-corrected chi connectivity index (χ3v) is 5.01. The van der Waals surface area contributed by atoms with Gasteiger partial charge in [0, 0.05) is 31.7 Å². The fourth-order valence-corrected chi connectivity index (χ4v) is 3.37. The van der Waals surface area contributed by atoms with Gasteiger partial charge in [-0.15, -0.1) is 24.0 Å². The average Bonchev–Trinajstić information content (AvgIpc) is 3.22. The summed E-state index contributed by atoms with van der Waals surface area (Å²) in [6, 6.07) is 15.4. The SMILES string of the molecule is CCNC(=NCc1ccc(N2CCCC2=O)cc1)NCc1ccc(C(=O)OCC)cc1.I. The number of halogens is 1. The predicted molar refractivity (Wildman–Crippen MR) is 137 cm³/mol. The van der Waals surface area contributed by atoms with Gasteiger partial charge in [-0.25, -0.2) is 9.79 Å². The van der Waals surface area contributed by atoms with E-state index in [0.717, 1.165) is 42.3 Å². The minimum absolute atomic E-state index is 0. The summed E-state index contributed by atoms with van der Waals surface area (Å²) < 4.78 is 5.01. The molecule has 0 saturated carbocycles. The van der Waals surface area contributed by atoms with Crippen LogP contribution in [0.3, 0.4) is 0 Å². The second-order valence-electron chi connectivity index (χ2n) is 7.28. The number of esters is 1. The zero-order valence-corrected chi connectivity index (χ0v) is 20.9. The first-order chi connectivity index (χ1) is 15.1. The Morgan fingerprint density at radius 3 is 2.31 bits per heavy atom. The molecule has 2 aromatic rings. The van der Waals surface area contributed by atoms with Crippen molar-refractivity contribution in [2.45, 2.75) is 39.8 Å². The van der Waals surface area contributed by atoms with Crippen LogP contribution in [-0.2, 0) is 22.6 Å². The lowest BCUT2D eigenvalue weighted by atomic mass is 10.1. The Morgan fingerprint density at radius 1 is 1.03 bits per heavy atom. The number of benzene rings is 2. The third-order valence-electron chi connectivity index (χ3n) is 5.01. The Morgan fingerprint density at radius 2 is 1.72 bits per heavy atom. The van der Waals surface area contributed by atoms with Crippen molar-refractivity contribution in [1.29, 1.82) is 0 Å². The van der Waals surface area contributed by atoms with Crippen molar-refractivity contribution < 1.29 is 14.3 Å². The Balaban J connectivity index is 0.00000363. The van der Waals surface area contributed by atoms with E-state index in [1.165, 1.54) is 0 Å². The molecule has 32 heavy (non-hydrogen) atoms. The van der Waals surface area contributed by atoms with Crippen molar-refractivity contribution in [2.75, 3.05) is 24.6 Å². The first-order valence-electron chi connectivity index (χ1n) is 10.8. The zero-order valence-electron chi connectivity index (χ0n) is 18.6. The molecule has 2 N–H and O–H groups in total. The summed E-state index contributed by atoms with van der Waals surface area (Å²) >= 11 is 0. The van der Waals surface area contributed by atoms with Gasteiger partial charge in [-0.05, 0) is 55.7 Å². The van der Waals surface area contributed by atoms with E-state index in [9.17, 15) is 9.59 Å². The van der Waals surface area contributed by atoms with Crippen LogP contribution in [0.15, 0.2) is 53.5 Å². The molecule has 1 saturated heterocycles. The van der Waals surface area contributed by atoms with Crippen molar-refractivity contribution in [3.63, 3.8) is 0 Å². The summed E-state index contributed by atoms with van der Waals surface area (Å²) in [6.07, 6.45) is 1.56. The molecule has 1 heterocycles. The maximum atomic E-state index is 11.9. The van der Waals surface area contributed by atoms with E-state index < -0.39 is 0 Å². The molecule has 0 aromatic heterocycles. The molecule has 0 spiro atoms. The van der Waals surface area contributed by atoms with E-state index in [4.69, 9.17) is 4.74 Å². The quantitative estimate of drug-likeness (QED) is 0.226. The molecule has 1 fully saturated rings. The first kappa shape index (κ1) is 25.6. The van der Waals surface area contributed by atoms with Crippen LogP contribution in [0.1, 0.15) is 48.2 Å². The van der Waals surface area contributed by atoms with Gasteiger partial charge in [-0.3, -0.25) is 4.79 Å². The lowest BCUT2D eigenvalue weighted by molar-refractivity contribution is -0.117. The van der Waals surface area contributed by atoms with Crippen LogP contribution in [0.2, 0.25) is 0 Å². The Labute approximate surface area is 206 Å². The minimum atomic E-state index is -0.308. The summed E-state index contributed by atoms with van der Waals surface area (Å²) in [4.78, 5) is 30.1. The first-order valence-corrected chi connectivity index (χ1v) is 10.8. The highest BCUT2D eigenvalue weighted by Crippen LogP contribution is 2.21. The number of ether oxygens (including phenoxy) is 1. The molecule has 0 aliphatic carbocycles. The summed E-state index contributed by atoms with van der Waals surface area (Å²) in [5.41, 5.74) is 3.61. The van der Waals surface area contributed by atoms with Crippen molar-refractivity contribution in [2.24, 2.45) is 4.99 Å². The molecule has 1 aliphatic heterocycles. The number of nitrogens with zero attached hydrogens (tertiary/aromatic N) is 2. The monoisotopic (exact) mass is 550 g/mol. The molecule has 0 radical (unpaired) electrons. The molecule has 3 rings (SSSR count). The average molecular weight is 550 g/mol. The van der Waals surface area contributed by atoms with Gasteiger partial charge in [0.05, 0.1) is 18.7 Å². The highest BCUT2D eigenvalue weighted by atomic mass is 127.